The fraction of sp³-hybridized carbons (Fsp3) is 0.111. The van der Waals surface area contributed by atoms with Gasteiger partial charge in [0.1, 0.15) is 11.6 Å². The highest BCUT2D eigenvalue weighted by Crippen LogP contribution is 2.20. The summed E-state index contributed by atoms with van der Waals surface area (Å²) in [4.78, 5) is 8.57. The number of aromatic nitrogens is 2. The van der Waals surface area contributed by atoms with Crippen molar-refractivity contribution in [2.24, 2.45) is 0 Å². The standard InChI is InChI=1S/C18H17FN4/c1-13-7-8-15(19)11-16(13)22-18-20-10-9-17(23-18)21-12-14-5-3-2-4-6-14/h2-11H,12H2,1H3,(H2,20,21,22,23). The van der Waals surface area contributed by atoms with Crippen LogP contribution in [0.1, 0.15) is 11.1 Å². The summed E-state index contributed by atoms with van der Waals surface area (Å²) < 4.78 is 13.3. The van der Waals surface area contributed by atoms with Gasteiger partial charge in [0.25, 0.3) is 0 Å². The summed E-state index contributed by atoms with van der Waals surface area (Å²) in [6.45, 7) is 2.58. The molecule has 0 amide bonds. The first-order valence-corrected chi connectivity index (χ1v) is 7.35. The third-order valence-electron chi connectivity index (χ3n) is 3.42. The molecule has 4 nitrogen and oxygen atoms in total. The Hall–Kier alpha value is -2.95. The maximum Gasteiger partial charge on any atom is 0.229 e. The van der Waals surface area contributed by atoms with Crippen molar-refractivity contribution in [2.75, 3.05) is 10.6 Å². The lowest BCUT2D eigenvalue weighted by molar-refractivity contribution is 0.628. The highest BCUT2D eigenvalue weighted by atomic mass is 19.1. The van der Waals surface area contributed by atoms with Gasteiger partial charge in [0.2, 0.25) is 5.95 Å². The molecular formula is C18H17FN4. The Balaban J connectivity index is 1.71. The zero-order valence-electron chi connectivity index (χ0n) is 12.8. The van der Waals surface area contributed by atoms with Crippen molar-refractivity contribution in [1.29, 1.82) is 0 Å². The zero-order chi connectivity index (χ0) is 16.1. The average Bonchev–Trinajstić information content (AvgIpc) is 2.58. The molecule has 2 aromatic carbocycles. The largest absolute Gasteiger partial charge is 0.366 e. The zero-order valence-corrected chi connectivity index (χ0v) is 12.8. The van der Waals surface area contributed by atoms with Gasteiger partial charge in [0.15, 0.2) is 0 Å². The van der Waals surface area contributed by atoms with Crippen molar-refractivity contribution < 1.29 is 4.39 Å². The van der Waals surface area contributed by atoms with Crippen LogP contribution in [0.25, 0.3) is 0 Å². The van der Waals surface area contributed by atoms with Gasteiger partial charge in [-0.2, -0.15) is 4.98 Å². The minimum absolute atomic E-state index is 0.295. The molecule has 0 aliphatic heterocycles. The van der Waals surface area contributed by atoms with Gasteiger partial charge in [-0.3, -0.25) is 0 Å². The number of rotatable bonds is 5. The van der Waals surface area contributed by atoms with Crippen molar-refractivity contribution >= 4 is 17.5 Å². The quantitative estimate of drug-likeness (QED) is 0.738. The number of nitrogens with zero attached hydrogens (tertiary/aromatic N) is 2. The minimum atomic E-state index is -0.295. The molecule has 23 heavy (non-hydrogen) atoms. The lowest BCUT2D eigenvalue weighted by Crippen LogP contribution is -2.04. The van der Waals surface area contributed by atoms with Crippen LogP contribution in [-0.2, 0) is 6.54 Å². The molecule has 0 atom stereocenters. The van der Waals surface area contributed by atoms with Gasteiger partial charge < -0.3 is 10.6 Å². The van der Waals surface area contributed by atoms with Gasteiger partial charge in [0.05, 0.1) is 0 Å². The first-order chi connectivity index (χ1) is 11.2. The number of nitrogens with one attached hydrogen (secondary N) is 2. The van der Waals surface area contributed by atoms with E-state index in [0.717, 1.165) is 5.56 Å². The van der Waals surface area contributed by atoms with Crippen LogP contribution in [0.4, 0.5) is 21.8 Å². The molecule has 0 bridgehead atoms. The van der Waals surface area contributed by atoms with E-state index in [2.05, 4.69) is 20.6 Å². The Bertz CT molecular complexity index is 790. The molecule has 0 saturated heterocycles. The number of aryl methyl sites for hydroxylation is 1. The van der Waals surface area contributed by atoms with Gasteiger partial charge in [-0.15, -0.1) is 0 Å². The molecule has 0 fully saturated rings. The second kappa shape index (κ2) is 6.87. The van der Waals surface area contributed by atoms with Crippen molar-refractivity contribution in [3.63, 3.8) is 0 Å². The highest BCUT2D eigenvalue weighted by Gasteiger charge is 2.04. The van der Waals surface area contributed by atoms with E-state index in [-0.39, 0.29) is 5.82 Å². The van der Waals surface area contributed by atoms with Crippen LogP contribution in [0.2, 0.25) is 0 Å². The monoisotopic (exact) mass is 308 g/mol. The molecule has 0 radical (unpaired) electrons. The van der Waals surface area contributed by atoms with Crippen LogP contribution in [0.15, 0.2) is 60.8 Å². The second-order valence-electron chi connectivity index (χ2n) is 5.19. The van der Waals surface area contributed by atoms with Crippen LogP contribution < -0.4 is 10.6 Å². The van der Waals surface area contributed by atoms with E-state index in [1.165, 1.54) is 17.7 Å². The van der Waals surface area contributed by atoms with Crippen LogP contribution in [0.5, 0.6) is 0 Å². The first kappa shape index (κ1) is 15.0. The van der Waals surface area contributed by atoms with E-state index in [4.69, 9.17) is 0 Å². The maximum atomic E-state index is 13.3. The molecule has 116 valence electrons. The maximum absolute atomic E-state index is 13.3. The number of hydrogen-bond donors (Lipinski definition) is 2. The molecular weight excluding hydrogens is 291 g/mol. The van der Waals surface area contributed by atoms with Crippen LogP contribution in [-0.4, -0.2) is 9.97 Å². The second-order valence-corrected chi connectivity index (χ2v) is 5.19. The number of halogens is 1. The summed E-state index contributed by atoms with van der Waals surface area (Å²) in [5.41, 5.74) is 2.75. The molecule has 0 saturated carbocycles. The van der Waals surface area contributed by atoms with Crippen LogP contribution in [0.3, 0.4) is 0 Å². The smallest absolute Gasteiger partial charge is 0.229 e. The predicted molar refractivity (Wildman–Crippen MR) is 90.2 cm³/mol. The third kappa shape index (κ3) is 4.03. The molecule has 1 aromatic heterocycles. The Labute approximate surface area is 134 Å². The van der Waals surface area contributed by atoms with Crippen molar-refractivity contribution in [1.82, 2.24) is 9.97 Å². The molecule has 0 aliphatic rings. The molecule has 2 N–H and O–H groups in total. The van der Waals surface area contributed by atoms with Gasteiger partial charge in [-0.05, 0) is 36.2 Å². The first-order valence-electron chi connectivity index (χ1n) is 7.35. The minimum Gasteiger partial charge on any atom is -0.366 e. The van der Waals surface area contributed by atoms with E-state index < -0.39 is 0 Å². The molecule has 3 rings (SSSR count). The number of hydrogen-bond acceptors (Lipinski definition) is 4. The van der Waals surface area contributed by atoms with Crippen molar-refractivity contribution in [2.45, 2.75) is 13.5 Å². The summed E-state index contributed by atoms with van der Waals surface area (Å²) in [5, 5.41) is 6.30. The molecule has 1 heterocycles. The van der Waals surface area contributed by atoms with Crippen LogP contribution >= 0.6 is 0 Å². The van der Waals surface area contributed by atoms with Gasteiger partial charge in [-0.25, -0.2) is 9.37 Å². The summed E-state index contributed by atoms with van der Waals surface area (Å²) in [7, 11) is 0. The fourth-order valence-corrected chi connectivity index (χ4v) is 2.16. The predicted octanol–water partition coefficient (Wildman–Crippen LogP) is 4.28. The van der Waals surface area contributed by atoms with Crippen LogP contribution in [0, 0.1) is 12.7 Å². The normalized spacial score (nSPS) is 10.3. The van der Waals surface area contributed by atoms with Crippen molar-refractivity contribution in [3.05, 3.63) is 77.7 Å². The summed E-state index contributed by atoms with van der Waals surface area (Å²) in [6, 6.07) is 16.4. The number of benzene rings is 2. The molecule has 3 aromatic rings. The van der Waals surface area contributed by atoms with Crippen molar-refractivity contribution in [3.8, 4) is 0 Å². The van der Waals surface area contributed by atoms with Gasteiger partial charge in [0, 0.05) is 18.4 Å². The SMILES string of the molecule is Cc1ccc(F)cc1Nc1nccc(NCc2ccccc2)n1. The molecule has 5 heteroatoms. The van der Waals surface area contributed by atoms with E-state index in [0.29, 0.717) is 24.0 Å². The third-order valence-corrected chi connectivity index (χ3v) is 3.42. The Morgan fingerprint density at radius 3 is 2.70 bits per heavy atom. The van der Waals surface area contributed by atoms with Gasteiger partial charge >= 0.3 is 0 Å². The van der Waals surface area contributed by atoms with E-state index in [1.54, 1.807) is 18.3 Å². The Morgan fingerprint density at radius 1 is 1.04 bits per heavy atom. The fourth-order valence-electron chi connectivity index (χ4n) is 2.16. The van der Waals surface area contributed by atoms with E-state index in [1.807, 2.05) is 37.3 Å². The number of anilines is 3. The summed E-state index contributed by atoms with van der Waals surface area (Å²) in [6.07, 6.45) is 1.66. The lowest BCUT2D eigenvalue weighted by atomic mass is 10.2. The Morgan fingerprint density at radius 2 is 1.87 bits per heavy atom. The topological polar surface area (TPSA) is 49.8 Å². The summed E-state index contributed by atoms with van der Waals surface area (Å²) >= 11 is 0. The lowest BCUT2D eigenvalue weighted by Gasteiger charge is -2.10. The average molecular weight is 308 g/mol. The highest BCUT2D eigenvalue weighted by molar-refractivity contribution is 5.59. The molecule has 0 spiro atoms. The van der Waals surface area contributed by atoms with E-state index >= 15 is 0 Å². The summed E-state index contributed by atoms with van der Waals surface area (Å²) in [5.74, 6) is 0.841. The van der Waals surface area contributed by atoms with E-state index in [9.17, 15) is 4.39 Å². The Kier molecular flexibility index (Phi) is 4.47. The van der Waals surface area contributed by atoms with Gasteiger partial charge in [-0.1, -0.05) is 36.4 Å². The molecule has 0 aliphatic carbocycles. The molecule has 0 unspecified atom stereocenters.